The van der Waals surface area contributed by atoms with Gasteiger partial charge in [-0.05, 0) is 36.4 Å². The molecule has 0 spiro atoms. The molecule has 0 aliphatic rings. The highest BCUT2D eigenvalue weighted by Crippen LogP contribution is 2.25. The van der Waals surface area contributed by atoms with Gasteiger partial charge in [0.05, 0.1) is 17.0 Å². The molecule has 0 aliphatic heterocycles. The van der Waals surface area contributed by atoms with Crippen LogP contribution >= 0.6 is 23.2 Å². The molecule has 6 nitrogen and oxygen atoms in total. The number of nitrogens with one attached hydrogen (secondary N) is 1. The summed E-state index contributed by atoms with van der Waals surface area (Å²) in [7, 11) is 0. The van der Waals surface area contributed by atoms with E-state index in [0.29, 0.717) is 27.2 Å². The molecule has 0 aliphatic carbocycles. The maximum Gasteiger partial charge on any atom is 0.267 e. The van der Waals surface area contributed by atoms with Crippen molar-refractivity contribution in [2.45, 2.75) is 6.54 Å². The van der Waals surface area contributed by atoms with Gasteiger partial charge in [0.1, 0.15) is 12.2 Å². The fraction of sp³-hybridized carbons (Fsp3) is 0.0625. The predicted molar refractivity (Wildman–Crippen MR) is 91.3 cm³/mol. The van der Waals surface area contributed by atoms with Crippen molar-refractivity contribution in [2.75, 3.05) is 5.32 Å². The Hall–Kier alpha value is -2.57. The van der Waals surface area contributed by atoms with Crippen LogP contribution in [0.1, 0.15) is 0 Å². The fourth-order valence-electron chi connectivity index (χ4n) is 2.03. The maximum atomic E-state index is 12.1. The number of aromatic nitrogens is 2. The van der Waals surface area contributed by atoms with Gasteiger partial charge in [-0.25, -0.2) is 4.68 Å². The zero-order valence-corrected chi connectivity index (χ0v) is 13.7. The molecule has 3 aromatic rings. The van der Waals surface area contributed by atoms with Crippen molar-refractivity contribution >= 4 is 34.8 Å². The van der Waals surface area contributed by atoms with E-state index in [-0.39, 0.29) is 6.54 Å². The first kappa shape index (κ1) is 16.3. The molecule has 0 saturated heterocycles. The van der Waals surface area contributed by atoms with Crippen LogP contribution in [0.25, 0.3) is 11.5 Å². The van der Waals surface area contributed by atoms with E-state index in [1.54, 1.807) is 24.3 Å². The first-order chi connectivity index (χ1) is 11.5. The van der Waals surface area contributed by atoms with Crippen LogP contribution in [-0.2, 0) is 11.3 Å². The Labute approximate surface area is 146 Å². The van der Waals surface area contributed by atoms with Crippen LogP contribution in [0.2, 0.25) is 10.0 Å². The second-order valence-electron chi connectivity index (χ2n) is 4.86. The van der Waals surface area contributed by atoms with E-state index >= 15 is 0 Å². The Morgan fingerprint density at radius 2 is 2.04 bits per heavy atom. The molecule has 0 unspecified atom stereocenters. The van der Waals surface area contributed by atoms with Crippen molar-refractivity contribution in [1.29, 1.82) is 0 Å². The largest absolute Gasteiger partial charge is 0.463 e. The average Bonchev–Trinajstić information content (AvgIpc) is 3.07. The van der Waals surface area contributed by atoms with E-state index in [1.807, 2.05) is 0 Å². The number of carbonyl (C=O) groups excluding carboxylic acids is 1. The highest BCUT2D eigenvalue weighted by molar-refractivity contribution is 6.36. The molecule has 0 atom stereocenters. The summed E-state index contributed by atoms with van der Waals surface area (Å²) < 4.78 is 6.29. The number of furan rings is 1. The Balaban J connectivity index is 1.79. The number of benzene rings is 1. The number of rotatable bonds is 4. The summed E-state index contributed by atoms with van der Waals surface area (Å²) in [4.78, 5) is 24.0. The summed E-state index contributed by atoms with van der Waals surface area (Å²) in [5.41, 5.74) is 0.459. The standard InChI is InChI=1S/C16H11Cl2N3O3/c17-10-3-4-12(11(18)8-10)19-15(22)9-21-16(23)6-5-13(20-21)14-2-1-7-24-14/h1-8H,9H2,(H,19,22). The van der Waals surface area contributed by atoms with E-state index in [4.69, 9.17) is 27.6 Å². The van der Waals surface area contributed by atoms with Gasteiger partial charge in [-0.2, -0.15) is 5.10 Å². The molecule has 0 fully saturated rings. The second-order valence-corrected chi connectivity index (χ2v) is 5.71. The number of hydrogen-bond acceptors (Lipinski definition) is 4. The lowest BCUT2D eigenvalue weighted by Gasteiger charge is -2.09. The van der Waals surface area contributed by atoms with Crippen LogP contribution in [0.15, 0.2) is 57.9 Å². The molecular formula is C16H11Cl2N3O3. The first-order valence-electron chi connectivity index (χ1n) is 6.90. The molecule has 0 saturated carbocycles. The molecular weight excluding hydrogens is 353 g/mol. The van der Waals surface area contributed by atoms with Gasteiger partial charge in [0, 0.05) is 11.1 Å². The molecule has 8 heteroatoms. The van der Waals surface area contributed by atoms with Crippen LogP contribution in [0.3, 0.4) is 0 Å². The summed E-state index contributed by atoms with van der Waals surface area (Å²) in [5, 5.41) is 7.51. The van der Waals surface area contributed by atoms with E-state index in [9.17, 15) is 9.59 Å². The first-order valence-corrected chi connectivity index (χ1v) is 7.65. The minimum atomic E-state index is -0.439. The van der Waals surface area contributed by atoms with Gasteiger partial charge in [0.25, 0.3) is 5.56 Å². The summed E-state index contributed by atoms with van der Waals surface area (Å²) in [6, 6.07) is 11.0. The van der Waals surface area contributed by atoms with E-state index < -0.39 is 11.5 Å². The van der Waals surface area contributed by atoms with Crippen LogP contribution in [0.4, 0.5) is 5.69 Å². The van der Waals surface area contributed by atoms with Crippen molar-refractivity contribution in [1.82, 2.24) is 9.78 Å². The number of anilines is 1. The smallest absolute Gasteiger partial charge is 0.267 e. The molecule has 122 valence electrons. The van der Waals surface area contributed by atoms with Crippen molar-refractivity contribution in [3.05, 3.63) is 69.1 Å². The summed E-state index contributed by atoms with van der Waals surface area (Å²) in [5.74, 6) is 0.0651. The van der Waals surface area contributed by atoms with Crippen molar-refractivity contribution in [3.8, 4) is 11.5 Å². The Morgan fingerprint density at radius 3 is 2.75 bits per heavy atom. The number of hydrogen-bond donors (Lipinski definition) is 1. The van der Waals surface area contributed by atoms with E-state index in [1.165, 1.54) is 24.5 Å². The van der Waals surface area contributed by atoms with Crippen LogP contribution < -0.4 is 10.9 Å². The number of carbonyl (C=O) groups is 1. The van der Waals surface area contributed by atoms with Crippen LogP contribution in [-0.4, -0.2) is 15.7 Å². The minimum absolute atomic E-state index is 0.258. The highest BCUT2D eigenvalue weighted by Gasteiger charge is 2.11. The molecule has 1 amide bonds. The quantitative estimate of drug-likeness (QED) is 0.769. The normalized spacial score (nSPS) is 10.6. The van der Waals surface area contributed by atoms with Gasteiger partial charge < -0.3 is 9.73 Å². The second kappa shape index (κ2) is 6.90. The Kier molecular flexibility index (Phi) is 4.69. The van der Waals surface area contributed by atoms with Gasteiger partial charge in [-0.1, -0.05) is 23.2 Å². The molecule has 24 heavy (non-hydrogen) atoms. The molecule has 0 bridgehead atoms. The molecule has 2 heterocycles. The van der Waals surface area contributed by atoms with Gasteiger partial charge in [0.15, 0.2) is 5.76 Å². The zero-order valence-electron chi connectivity index (χ0n) is 12.2. The molecule has 3 rings (SSSR count). The molecule has 2 aromatic heterocycles. The van der Waals surface area contributed by atoms with E-state index in [2.05, 4.69) is 10.4 Å². The third kappa shape index (κ3) is 3.67. The van der Waals surface area contributed by atoms with E-state index in [0.717, 1.165) is 4.68 Å². The monoisotopic (exact) mass is 363 g/mol. The third-order valence-corrected chi connectivity index (χ3v) is 3.69. The fourth-order valence-corrected chi connectivity index (χ4v) is 2.49. The topological polar surface area (TPSA) is 77.1 Å². The summed E-state index contributed by atoms with van der Waals surface area (Å²) in [6.07, 6.45) is 1.50. The lowest BCUT2D eigenvalue weighted by molar-refractivity contribution is -0.117. The van der Waals surface area contributed by atoms with Gasteiger partial charge in [-0.3, -0.25) is 9.59 Å². The third-order valence-electron chi connectivity index (χ3n) is 3.14. The van der Waals surface area contributed by atoms with Crippen LogP contribution in [0, 0.1) is 0 Å². The van der Waals surface area contributed by atoms with Crippen molar-refractivity contribution < 1.29 is 9.21 Å². The Bertz CT molecular complexity index is 936. The lowest BCUT2D eigenvalue weighted by atomic mass is 10.3. The summed E-state index contributed by atoms with van der Waals surface area (Å²) in [6.45, 7) is -0.258. The SMILES string of the molecule is O=C(Cn1nc(-c2ccco2)ccc1=O)Nc1ccc(Cl)cc1Cl. The number of halogens is 2. The predicted octanol–water partition coefficient (Wildman–Crippen LogP) is 3.45. The highest BCUT2D eigenvalue weighted by atomic mass is 35.5. The zero-order chi connectivity index (χ0) is 17.1. The minimum Gasteiger partial charge on any atom is -0.463 e. The molecule has 1 N–H and O–H groups in total. The Morgan fingerprint density at radius 1 is 1.21 bits per heavy atom. The van der Waals surface area contributed by atoms with Crippen molar-refractivity contribution in [2.24, 2.45) is 0 Å². The van der Waals surface area contributed by atoms with Crippen molar-refractivity contribution in [3.63, 3.8) is 0 Å². The lowest BCUT2D eigenvalue weighted by Crippen LogP contribution is -2.29. The van der Waals surface area contributed by atoms with Gasteiger partial charge in [-0.15, -0.1) is 0 Å². The maximum absolute atomic E-state index is 12.1. The number of amides is 1. The number of nitrogens with zero attached hydrogens (tertiary/aromatic N) is 2. The molecule has 1 aromatic carbocycles. The molecule has 0 radical (unpaired) electrons. The van der Waals surface area contributed by atoms with Gasteiger partial charge in [0.2, 0.25) is 5.91 Å². The summed E-state index contributed by atoms with van der Waals surface area (Å²) >= 11 is 11.8. The van der Waals surface area contributed by atoms with Gasteiger partial charge >= 0.3 is 0 Å². The average molecular weight is 364 g/mol. The van der Waals surface area contributed by atoms with Crippen LogP contribution in [0.5, 0.6) is 0 Å².